The molecule has 0 spiro atoms. The Balaban J connectivity index is 2.10. The summed E-state index contributed by atoms with van der Waals surface area (Å²) in [5.41, 5.74) is 0.407. The van der Waals surface area contributed by atoms with Crippen LogP contribution in [0.4, 0.5) is 14.5 Å². The van der Waals surface area contributed by atoms with Crippen molar-refractivity contribution in [3.63, 3.8) is 0 Å². The number of anilines is 1. The molecule has 0 fully saturated rings. The quantitative estimate of drug-likeness (QED) is 0.916. The van der Waals surface area contributed by atoms with Gasteiger partial charge in [0.15, 0.2) is 0 Å². The molecular weight excluding hydrogens is 296 g/mol. The first-order valence-electron chi connectivity index (χ1n) is 5.15. The number of hydrogen-bond donors (Lipinski definition) is 1. The molecule has 100 valence electrons. The second kappa shape index (κ2) is 5.99. The molecule has 2 rings (SSSR count). The first-order valence-corrected chi connectivity index (χ1v) is 6.41. The number of thiophene rings is 1. The Hall–Kier alpha value is -1.66. The molecule has 0 saturated heterocycles. The fourth-order valence-electron chi connectivity index (χ4n) is 1.37. The maximum Gasteiger partial charge on any atom is 0.387 e. The maximum atomic E-state index is 12.0. The van der Waals surface area contributed by atoms with Crippen molar-refractivity contribution >= 4 is 34.5 Å². The number of ether oxygens (including phenoxy) is 1. The summed E-state index contributed by atoms with van der Waals surface area (Å²) in [7, 11) is 0. The third-order valence-electron chi connectivity index (χ3n) is 2.15. The monoisotopic (exact) mass is 303 g/mol. The van der Waals surface area contributed by atoms with E-state index in [9.17, 15) is 13.6 Å². The lowest BCUT2D eigenvalue weighted by Gasteiger charge is -2.09. The van der Waals surface area contributed by atoms with Gasteiger partial charge in [-0.05, 0) is 29.6 Å². The molecule has 0 atom stereocenters. The minimum absolute atomic E-state index is 0.00396. The van der Waals surface area contributed by atoms with Gasteiger partial charge in [-0.1, -0.05) is 17.7 Å². The van der Waals surface area contributed by atoms with Crippen LogP contribution >= 0.6 is 22.9 Å². The molecule has 1 heterocycles. The van der Waals surface area contributed by atoms with Crippen LogP contribution in [0.15, 0.2) is 35.7 Å². The number of benzene rings is 1. The van der Waals surface area contributed by atoms with E-state index in [1.807, 2.05) is 0 Å². The second-order valence-corrected chi connectivity index (χ2v) is 4.81. The van der Waals surface area contributed by atoms with Gasteiger partial charge in [-0.2, -0.15) is 8.78 Å². The number of carbonyl (C=O) groups excluding carboxylic acids is 1. The molecule has 0 radical (unpaired) electrons. The van der Waals surface area contributed by atoms with Crippen LogP contribution in [-0.4, -0.2) is 12.5 Å². The van der Waals surface area contributed by atoms with E-state index in [-0.39, 0.29) is 16.7 Å². The number of rotatable bonds is 4. The molecule has 0 saturated carbocycles. The molecular formula is C12H8ClF2NO2S. The molecule has 1 N–H and O–H groups in total. The van der Waals surface area contributed by atoms with Crippen molar-refractivity contribution in [2.75, 3.05) is 5.32 Å². The molecule has 3 nitrogen and oxygen atoms in total. The van der Waals surface area contributed by atoms with Crippen molar-refractivity contribution in [3.05, 3.63) is 45.6 Å². The van der Waals surface area contributed by atoms with Gasteiger partial charge in [0.25, 0.3) is 5.91 Å². The van der Waals surface area contributed by atoms with Crippen molar-refractivity contribution in [1.29, 1.82) is 0 Å². The molecule has 19 heavy (non-hydrogen) atoms. The lowest BCUT2D eigenvalue weighted by atomic mass is 10.3. The summed E-state index contributed by atoms with van der Waals surface area (Å²) in [6.07, 6.45) is 0. The summed E-state index contributed by atoms with van der Waals surface area (Å²) in [5, 5.41) is 4.39. The van der Waals surface area contributed by atoms with E-state index in [1.54, 1.807) is 17.5 Å². The smallest absolute Gasteiger partial charge is 0.387 e. The first-order chi connectivity index (χ1) is 9.06. The van der Waals surface area contributed by atoms with Crippen molar-refractivity contribution in [3.8, 4) is 5.75 Å². The van der Waals surface area contributed by atoms with Gasteiger partial charge in [0, 0.05) is 5.69 Å². The van der Waals surface area contributed by atoms with Gasteiger partial charge in [0.2, 0.25) is 0 Å². The zero-order valence-electron chi connectivity index (χ0n) is 9.40. The fourth-order valence-corrected chi connectivity index (χ4v) is 2.21. The Morgan fingerprint density at radius 1 is 1.37 bits per heavy atom. The maximum absolute atomic E-state index is 12.0. The Labute approximate surface area is 116 Å². The van der Waals surface area contributed by atoms with E-state index in [4.69, 9.17) is 11.6 Å². The molecule has 1 amide bonds. The Bertz CT molecular complexity index is 575. The molecule has 2 aromatic rings. The standard InChI is InChI=1S/C12H8ClF2NO2S/c13-8-6-7(3-4-9(8)18-12(14)15)16-11(17)10-2-1-5-19-10/h1-6,12H,(H,16,17). The van der Waals surface area contributed by atoms with E-state index in [2.05, 4.69) is 10.1 Å². The summed E-state index contributed by atoms with van der Waals surface area (Å²) in [6, 6.07) is 7.50. The van der Waals surface area contributed by atoms with Crippen LogP contribution in [0.5, 0.6) is 5.75 Å². The zero-order chi connectivity index (χ0) is 13.8. The number of amides is 1. The Morgan fingerprint density at radius 3 is 2.74 bits per heavy atom. The van der Waals surface area contributed by atoms with Gasteiger partial charge in [-0.15, -0.1) is 11.3 Å². The molecule has 1 aromatic heterocycles. The molecule has 0 unspecified atom stereocenters. The van der Waals surface area contributed by atoms with Crippen LogP contribution in [-0.2, 0) is 0 Å². The summed E-state index contributed by atoms with van der Waals surface area (Å²) in [4.78, 5) is 12.3. The van der Waals surface area contributed by atoms with Gasteiger partial charge in [0.05, 0.1) is 9.90 Å². The average molecular weight is 304 g/mol. The largest absolute Gasteiger partial charge is 0.433 e. The van der Waals surface area contributed by atoms with Crippen LogP contribution in [0.2, 0.25) is 5.02 Å². The summed E-state index contributed by atoms with van der Waals surface area (Å²) in [5.74, 6) is -0.417. The highest BCUT2D eigenvalue weighted by Gasteiger charge is 2.11. The number of carbonyl (C=O) groups is 1. The second-order valence-electron chi connectivity index (χ2n) is 3.46. The van der Waals surface area contributed by atoms with Crippen molar-refractivity contribution in [1.82, 2.24) is 0 Å². The highest BCUT2D eigenvalue weighted by molar-refractivity contribution is 7.12. The molecule has 1 aromatic carbocycles. The van der Waals surface area contributed by atoms with E-state index >= 15 is 0 Å². The van der Waals surface area contributed by atoms with Crippen molar-refractivity contribution in [2.24, 2.45) is 0 Å². The predicted molar refractivity (Wildman–Crippen MR) is 70.4 cm³/mol. The highest BCUT2D eigenvalue weighted by atomic mass is 35.5. The fraction of sp³-hybridized carbons (Fsp3) is 0.0833. The topological polar surface area (TPSA) is 38.3 Å². The molecule has 7 heteroatoms. The average Bonchev–Trinajstić information content (AvgIpc) is 2.86. The number of halogens is 3. The lowest BCUT2D eigenvalue weighted by Crippen LogP contribution is -2.10. The summed E-state index contributed by atoms with van der Waals surface area (Å²) in [6.45, 7) is -2.94. The SMILES string of the molecule is O=C(Nc1ccc(OC(F)F)c(Cl)c1)c1cccs1. The number of alkyl halides is 2. The minimum Gasteiger partial charge on any atom is -0.433 e. The van der Waals surface area contributed by atoms with Gasteiger partial charge in [-0.25, -0.2) is 0 Å². The first kappa shape index (κ1) is 13.8. The lowest BCUT2D eigenvalue weighted by molar-refractivity contribution is -0.0497. The van der Waals surface area contributed by atoms with Gasteiger partial charge < -0.3 is 10.1 Å². The Kier molecular flexibility index (Phi) is 4.34. The van der Waals surface area contributed by atoms with Crippen molar-refractivity contribution in [2.45, 2.75) is 6.61 Å². The van der Waals surface area contributed by atoms with Gasteiger partial charge in [-0.3, -0.25) is 4.79 Å². The van der Waals surface area contributed by atoms with Gasteiger partial charge >= 0.3 is 6.61 Å². The molecule has 0 aliphatic carbocycles. The summed E-state index contributed by atoms with van der Waals surface area (Å²) >= 11 is 7.07. The Morgan fingerprint density at radius 2 is 2.16 bits per heavy atom. The molecule has 0 aliphatic heterocycles. The van der Waals surface area contributed by atoms with Crippen LogP contribution < -0.4 is 10.1 Å². The van der Waals surface area contributed by atoms with Crippen LogP contribution in [0, 0.1) is 0 Å². The predicted octanol–water partition coefficient (Wildman–Crippen LogP) is 4.26. The van der Waals surface area contributed by atoms with E-state index in [1.165, 1.54) is 29.5 Å². The normalized spacial score (nSPS) is 10.5. The third-order valence-corrected chi connectivity index (χ3v) is 3.31. The van der Waals surface area contributed by atoms with Crippen LogP contribution in [0.1, 0.15) is 9.67 Å². The minimum atomic E-state index is -2.94. The van der Waals surface area contributed by atoms with E-state index < -0.39 is 6.61 Å². The highest BCUT2D eigenvalue weighted by Crippen LogP contribution is 2.29. The van der Waals surface area contributed by atoms with E-state index in [0.29, 0.717) is 10.6 Å². The number of nitrogens with one attached hydrogen (secondary N) is 1. The zero-order valence-corrected chi connectivity index (χ0v) is 11.0. The molecule has 0 bridgehead atoms. The summed E-state index contributed by atoms with van der Waals surface area (Å²) < 4.78 is 28.3. The molecule has 0 aliphatic rings. The third kappa shape index (κ3) is 3.65. The van der Waals surface area contributed by atoms with E-state index in [0.717, 1.165) is 0 Å². The van der Waals surface area contributed by atoms with Crippen molar-refractivity contribution < 1.29 is 18.3 Å². The van der Waals surface area contributed by atoms with Crippen LogP contribution in [0.25, 0.3) is 0 Å². The van der Waals surface area contributed by atoms with Crippen LogP contribution in [0.3, 0.4) is 0 Å². The van der Waals surface area contributed by atoms with Gasteiger partial charge in [0.1, 0.15) is 5.75 Å². The number of hydrogen-bond acceptors (Lipinski definition) is 3.